The molecule has 5 nitrogen and oxygen atoms in total. The van der Waals surface area contributed by atoms with Gasteiger partial charge >= 0.3 is 0 Å². The van der Waals surface area contributed by atoms with Crippen LogP contribution < -0.4 is 15.8 Å². The molecule has 0 fully saturated rings. The third-order valence-corrected chi connectivity index (χ3v) is 1.98. The van der Waals surface area contributed by atoms with Crippen molar-refractivity contribution < 1.29 is 13.9 Å². The number of carbonyl (C=O) groups is 1. The fourth-order valence-corrected chi connectivity index (χ4v) is 1.20. The number of nitrogens with one attached hydrogen (secondary N) is 1. The molecule has 0 bridgehead atoms. The topological polar surface area (TPSA) is 88.1 Å². The number of rotatable bonds is 5. The van der Waals surface area contributed by atoms with E-state index in [1.165, 1.54) is 12.1 Å². The lowest BCUT2D eigenvalue weighted by atomic mass is 10.2. The molecule has 1 aromatic rings. The van der Waals surface area contributed by atoms with E-state index < -0.39 is 11.7 Å². The van der Waals surface area contributed by atoms with Gasteiger partial charge in [-0.15, -0.1) is 0 Å². The first-order valence-electron chi connectivity index (χ1n) is 4.93. The second kappa shape index (κ2) is 6.45. The largest absolute Gasteiger partial charge is 0.480 e. The molecule has 1 aromatic carbocycles. The maximum atomic E-state index is 13.4. The van der Waals surface area contributed by atoms with E-state index in [1.54, 1.807) is 12.1 Å². The van der Waals surface area contributed by atoms with Gasteiger partial charge in [0.05, 0.1) is 6.07 Å². The Bertz CT molecular complexity index is 443. The normalized spacial score (nSPS) is 9.47. The number of amides is 1. The Kier molecular flexibility index (Phi) is 4.91. The van der Waals surface area contributed by atoms with E-state index >= 15 is 0 Å². The molecule has 0 aromatic heterocycles. The number of nitrogens with zero attached hydrogens (tertiary/aromatic N) is 1. The first-order chi connectivity index (χ1) is 8.19. The van der Waals surface area contributed by atoms with Crippen LogP contribution in [-0.4, -0.2) is 19.1 Å². The average Bonchev–Trinajstić information content (AvgIpc) is 2.34. The van der Waals surface area contributed by atoms with Gasteiger partial charge in [0.2, 0.25) is 0 Å². The van der Waals surface area contributed by atoms with Crippen LogP contribution in [0.15, 0.2) is 18.2 Å². The molecular weight excluding hydrogens is 225 g/mol. The minimum absolute atomic E-state index is 0.0258. The van der Waals surface area contributed by atoms with E-state index in [0.29, 0.717) is 5.56 Å². The summed E-state index contributed by atoms with van der Waals surface area (Å²) in [5.74, 6) is -1.08. The molecule has 0 unspecified atom stereocenters. The first kappa shape index (κ1) is 12.9. The van der Waals surface area contributed by atoms with Crippen LogP contribution >= 0.6 is 0 Å². The van der Waals surface area contributed by atoms with Crippen molar-refractivity contribution in [2.24, 2.45) is 5.73 Å². The van der Waals surface area contributed by atoms with Gasteiger partial charge in [-0.2, -0.15) is 5.26 Å². The molecule has 0 aliphatic rings. The van der Waals surface area contributed by atoms with E-state index in [0.717, 1.165) is 0 Å². The summed E-state index contributed by atoms with van der Waals surface area (Å²) in [5.41, 5.74) is 5.90. The van der Waals surface area contributed by atoms with Gasteiger partial charge in [-0.05, 0) is 6.07 Å². The summed E-state index contributed by atoms with van der Waals surface area (Å²) in [6.45, 7) is -0.342. The molecule has 0 aliphatic carbocycles. The van der Waals surface area contributed by atoms with Crippen LogP contribution in [0.4, 0.5) is 4.39 Å². The lowest BCUT2D eigenvalue weighted by Gasteiger charge is -2.10. The fraction of sp³-hybridized carbons (Fsp3) is 0.273. The standard InChI is InChI=1S/C11H12FN3O2/c12-9-3-1-2-8(6-14)11(9)17-7-10(16)15-5-4-13/h1-3H,5-7,14H2,(H,15,16). The number of carbonyl (C=O) groups excluding carboxylic acids is 1. The van der Waals surface area contributed by atoms with Crippen molar-refractivity contribution in [2.75, 3.05) is 13.2 Å². The third kappa shape index (κ3) is 3.74. The molecule has 3 N–H and O–H groups in total. The monoisotopic (exact) mass is 237 g/mol. The third-order valence-electron chi connectivity index (χ3n) is 1.98. The number of hydrogen-bond donors (Lipinski definition) is 2. The fourth-order valence-electron chi connectivity index (χ4n) is 1.20. The number of hydrogen-bond acceptors (Lipinski definition) is 4. The van der Waals surface area contributed by atoms with Crippen LogP contribution in [0.2, 0.25) is 0 Å². The van der Waals surface area contributed by atoms with E-state index in [-0.39, 0.29) is 25.4 Å². The van der Waals surface area contributed by atoms with Crippen LogP contribution in [0.3, 0.4) is 0 Å². The van der Waals surface area contributed by atoms with Gasteiger partial charge in [0.25, 0.3) is 5.91 Å². The summed E-state index contributed by atoms with van der Waals surface area (Å²) in [5, 5.41) is 10.5. The summed E-state index contributed by atoms with van der Waals surface area (Å²) in [6, 6.07) is 6.10. The SMILES string of the molecule is N#CCNC(=O)COc1c(F)cccc1CN. The molecule has 6 heteroatoms. The number of halogens is 1. The Morgan fingerprint density at radius 1 is 1.59 bits per heavy atom. The first-order valence-corrected chi connectivity index (χ1v) is 4.93. The van der Waals surface area contributed by atoms with Crippen molar-refractivity contribution >= 4 is 5.91 Å². The van der Waals surface area contributed by atoms with Gasteiger partial charge in [0.15, 0.2) is 18.2 Å². The molecule has 0 radical (unpaired) electrons. The zero-order valence-corrected chi connectivity index (χ0v) is 9.07. The van der Waals surface area contributed by atoms with Crippen molar-refractivity contribution in [3.05, 3.63) is 29.6 Å². The number of ether oxygens (including phenoxy) is 1. The van der Waals surface area contributed by atoms with E-state index in [9.17, 15) is 9.18 Å². The second-order valence-electron chi connectivity index (χ2n) is 3.16. The number of benzene rings is 1. The lowest BCUT2D eigenvalue weighted by Crippen LogP contribution is -2.29. The van der Waals surface area contributed by atoms with Gasteiger partial charge < -0.3 is 15.8 Å². The maximum Gasteiger partial charge on any atom is 0.258 e. The van der Waals surface area contributed by atoms with E-state index in [2.05, 4.69) is 5.32 Å². The molecule has 0 atom stereocenters. The Morgan fingerprint density at radius 2 is 2.35 bits per heavy atom. The lowest BCUT2D eigenvalue weighted by molar-refractivity contribution is -0.122. The Balaban J connectivity index is 2.63. The molecule has 0 spiro atoms. The summed E-state index contributed by atoms with van der Waals surface area (Å²) in [6.07, 6.45) is 0. The molecule has 1 amide bonds. The predicted octanol–water partition coefficient (Wildman–Crippen LogP) is 0.303. The smallest absolute Gasteiger partial charge is 0.258 e. The van der Waals surface area contributed by atoms with Gasteiger partial charge in [-0.3, -0.25) is 4.79 Å². The average molecular weight is 237 g/mol. The molecule has 90 valence electrons. The summed E-state index contributed by atoms with van der Waals surface area (Å²) in [4.78, 5) is 11.1. The van der Waals surface area contributed by atoms with Crippen molar-refractivity contribution in [2.45, 2.75) is 6.54 Å². The van der Waals surface area contributed by atoms with Gasteiger partial charge in [-0.1, -0.05) is 12.1 Å². The van der Waals surface area contributed by atoms with Gasteiger partial charge in [0.1, 0.15) is 6.54 Å². The minimum Gasteiger partial charge on any atom is -0.480 e. The van der Waals surface area contributed by atoms with E-state index in [1.807, 2.05) is 0 Å². The highest BCUT2D eigenvalue weighted by molar-refractivity contribution is 5.77. The second-order valence-corrected chi connectivity index (χ2v) is 3.16. The van der Waals surface area contributed by atoms with Gasteiger partial charge in [0, 0.05) is 12.1 Å². The summed E-state index contributed by atoms with van der Waals surface area (Å²) < 4.78 is 18.4. The number of nitriles is 1. The van der Waals surface area contributed by atoms with Crippen LogP contribution in [0, 0.1) is 17.1 Å². The van der Waals surface area contributed by atoms with Crippen LogP contribution in [0.5, 0.6) is 5.75 Å². The van der Waals surface area contributed by atoms with Gasteiger partial charge in [-0.25, -0.2) is 4.39 Å². The molecule has 0 saturated carbocycles. The van der Waals surface area contributed by atoms with Crippen LogP contribution in [-0.2, 0) is 11.3 Å². The minimum atomic E-state index is -0.568. The maximum absolute atomic E-state index is 13.4. The highest BCUT2D eigenvalue weighted by Crippen LogP contribution is 2.21. The Morgan fingerprint density at radius 3 is 3.00 bits per heavy atom. The zero-order chi connectivity index (χ0) is 12.7. The van der Waals surface area contributed by atoms with Crippen LogP contribution in [0.25, 0.3) is 0 Å². The quantitative estimate of drug-likeness (QED) is 0.721. The Labute approximate surface area is 98.0 Å². The predicted molar refractivity (Wildman–Crippen MR) is 58.4 cm³/mol. The molecule has 0 heterocycles. The molecule has 0 saturated heterocycles. The summed E-state index contributed by atoms with van der Waals surface area (Å²) >= 11 is 0. The van der Waals surface area contributed by atoms with Crippen molar-refractivity contribution in [3.8, 4) is 11.8 Å². The highest BCUT2D eigenvalue weighted by atomic mass is 19.1. The van der Waals surface area contributed by atoms with Crippen molar-refractivity contribution in [3.63, 3.8) is 0 Å². The molecular formula is C11H12FN3O2. The summed E-state index contributed by atoms with van der Waals surface area (Å²) in [7, 11) is 0. The molecule has 0 aliphatic heterocycles. The number of nitrogens with two attached hydrogens (primary N) is 1. The van der Waals surface area contributed by atoms with Crippen LogP contribution in [0.1, 0.15) is 5.56 Å². The molecule has 1 rings (SSSR count). The molecule has 17 heavy (non-hydrogen) atoms. The van der Waals surface area contributed by atoms with Crippen molar-refractivity contribution in [1.29, 1.82) is 5.26 Å². The Hall–Kier alpha value is -2.13. The van der Waals surface area contributed by atoms with Crippen molar-refractivity contribution in [1.82, 2.24) is 5.32 Å². The zero-order valence-electron chi connectivity index (χ0n) is 9.07. The number of para-hydroxylation sites is 1. The van der Waals surface area contributed by atoms with E-state index in [4.69, 9.17) is 15.7 Å². The highest BCUT2D eigenvalue weighted by Gasteiger charge is 2.10.